The smallest absolute Gasteiger partial charge is 0.122 e. The number of hydrogen-bond donors (Lipinski definition) is 1. The van der Waals surface area contributed by atoms with Gasteiger partial charge in [0.1, 0.15) is 5.75 Å². The van der Waals surface area contributed by atoms with Crippen LogP contribution in [0.4, 0.5) is 0 Å². The first-order valence-corrected chi connectivity index (χ1v) is 7.29. The summed E-state index contributed by atoms with van der Waals surface area (Å²) in [5, 5.41) is 3.56. The molecule has 1 aliphatic heterocycles. The normalized spacial score (nSPS) is 17.4. The van der Waals surface area contributed by atoms with Crippen molar-refractivity contribution in [1.29, 1.82) is 0 Å². The predicted molar refractivity (Wildman–Crippen MR) is 82.0 cm³/mol. The molecule has 0 radical (unpaired) electrons. The van der Waals surface area contributed by atoms with Crippen molar-refractivity contribution in [3.05, 3.63) is 65.2 Å². The lowest BCUT2D eigenvalue weighted by atomic mass is 9.96. The second kappa shape index (κ2) is 6.10. The van der Waals surface area contributed by atoms with E-state index in [1.807, 2.05) is 6.07 Å². The van der Waals surface area contributed by atoms with Crippen LogP contribution in [0.2, 0.25) is 0 Å². The van der Waals surface area contributed by atoms with Gasteiger partial charge >= 0.3 is 0 Å². The molecule has 0 aromatic heterocycles. The second-order valence-corrected chi connectivity index (χ2v) is 5.55. The molecule has 3 rings (SSSR count). The van der Waals surface area contributed by atoms with Crippen molar-refractivity contribution in [2.75, 3.05) is 13.2 Å². The third-order valence-electron chi connectivity index (χ3n) is 3.97. The Morgan fingerprint density at radius 1 is 1.10 bits per heavy atom. The second-order valence-electron chi connectivity index (χ2n) is 5.55. The van der Waals surface area contributed by atoms with Crippen molar-refractivity contribution in [1.82, 2.24) is 5.32 Å². The third kappa shape index (κ3) is 3.02. The monoisotopic (exact) mass is 267 g/mol. The summed E-state index contributed by atoms with van der Waals surface area (Å²) in [6, 6.07) is 16.9. The van der Waals surface area contributed by atoms with E-state index in [1.165, 1.54) is 16.7 Å². The van der Waals surface area contributed by atoms with Crippen molar-refractivity contribution in [3.8, 4) is 5.75 Å². The molecule has 0 saturated heterocycles. The number of rotatable bonds is 4. The Morgan fingerprint density at radius 2 is 1.90 bits per heavy atom. The first kappa shape index (κ1) is 13.2. The summed E-state index contributed by atoms with van der Waals surface area (Å²) in [4.78, 5) is 0. The molecule has 0 saturated carbocycles. The molecule has 1 unspecified atom stereocenters. The summed E-state index contributed by atoms with van der Waals surface area (Å²) in [7, 11) is 0. The maximum atomic E-state index is 5.82. The summed E-state index contributed by atoms with van der Waals surface area (Å²) in [6.07, 6.45) is 1.11. The SMILES string of the molecule is Cc1ccccc1CNCC1COc2ccccc2C1. The molecular formula is C18H21NO. The van der Waals surface area contributed by atoms with Gasteiger partial charge in [-0.15, -0.1) is 0 Å². The van der Waals surface area contributed by atoms with Crippen molar-refractivity contribution in [2.24, 2.45) is 5.92 Å². The molecule has 104 valence electrons. The lowest BCUT2D eigenvalue weighted by Crippen LogP contribution is -2.31. The summed E-state index contributed by atoms with van der Waals surface area (Å²) in [5.74, 6) is 1.62. The molecular weight excluding hydrogens is 246 g/mol. The predicted octanol–water partition coefficient (Wildman–Crippen LogP) is 3.34. The average Bonchev–Trinajstić information content (AvgIpc) is 2.49. The molecule has 2 nitrogen and oxygen atoms in total. The summed E-state index contributed by atoms with van der Waals surface area (Å²) in [6.45, 7) is 4.92. The van der Waals surface area contributed by atoms with Gasteiger partial charge in [-0.1, -0.05) is 42.5 Å². The Balaban J connectivity index is 1.52. The maximum Gasteiger partial charge on any atom is 0.122 e. The van der Waals surface area contributed by atoms with Gasteiger partial charge in [0.25, 0.3) is 0 Å². The molecule has 2 aromatic carbocycles. The van der Waals surface area contributed by atoms with Gasteiger partial charge in [-0.2, -0.15) is 0 Å². The van der Waals surface area contributed by atoms with Crippen LogP contribution in [-0.2, 0) is 13.0 Å². The lowest BCUT2D eigenvalue weighted by Gasteiger charge is -2.25. The summed E-state index contributed by atoms with van der Waals surface area (Å²) >= 11 is 0. The molecule has 1 aliphatic rings. The van der Waals surface area contributed by atoms with E-state index in [1.54, 1.807) is 0 Å². The van der Waals surface area contributed by atoms with Crippen LogP contribution in [0.5, 0.6) is 5.75 Å². The van der Waals surface area contributed by atoms with Gasteiger partial charge in [-0.3, -0.25) is 0 Å². The molecule has 0 spiro atoms. The number of benzene rings is 2. The zero-order valence-electron chi connectivity index (χ0n) is 11.9. The van der Waals surface area contributed by atoms with Crippen LogP contribution in [-0.4, -0.2) is 13.2 Å². The molecule has 20 heavy (non-hydrogen) atoms. The summed E-state index contributed by atoms with van der Waals surface area (Å²) in [5.41, 5.74) is 4.07. The Morgan fingerprint density at radius 3 is 2.80 bits per heavy atom. The standard InChI is InChI=1S/C18H21NO/c1-14-6-2-3-8-17(14)12-19-11-15-10-16-7-4-5-9-18(16)20-13-15/h2-9,15,19H,10-13H2,1H3. The van der Waals surface area contributed by atoms with Crippen molar-refractivity contribution >= 4 is 0 Å². The largest absolute Gasteiger partial charge is 0.493 e. The zero-order chi connectivity index (χ0) is 13.8. The fraction of sp³-hybridized carbons (Fsp3) is 0.333. The Hall–Kier alpha value is -1.80. The van der Waals surface area contributed by atoms with Crippen LogP contribution in [0.3, 0.4) is 0 Å². The number of nitrogens with one attached hydrogen (secondary N) is 1. The fourth-order valence-corrected chi connectivity index (χ4v) is 2.74. The molecule has 0 aliphatic carbocycles. The minimum Gasteiger partial charge on any atom is -0.493 e. The molecule has 0 fully saturated rings. The molecule has 2 heteroatoms. The number of hydrogen-bond acceptors (Lipinski definition) is 2. The van der Waals surface area contributed by atoms with Gasteiger partial charge in [0.15, 0.2) is 0 Å². The Labute approximate surface area is 120 Å². The average molecular weight is 267 g/mol. The topological polar surface area (TPSA) is 21.3 Å². The number of ether oxygens (including phenoxy) is 1. The number of fused-ring (bicyclic) bond motifs is 1. The van der Waals surface area contributed by atoms with E-state index in [0.717, 1.165) is 31.9 Å². The molecule has 0 bridgehead atoms. The van der Waals surface area contributed by atoms with Crippen molar-refractivity contribution < 1.29 is 4.74 Å². The molecule has 2 aromatic rings. The highest BCUT2D eigenvalue weighted by Gasteiger charge is 2.18. The van der Waals surface area contributed by atoms with E-state index in [2.05, 4.69) is 54.7 Å². The quantitative estimate of drug-likeness (QED) is 0.917. The van der Waals surface area contributed by atoms with E-state index >= 15 is 0 Å². The number of para-hydroxylation sites is 1. The van der Waals surface area contributed by atoms with E-state index in [0.29, 0.717) is 5.92 Å². The zero-order valence-corrected chi connectivity index (χ0v) is 11.9. The van der Waals surface area contributed by atoms with Crippen molar-refractivity contribution in [2.45, 2.75) is 19.9 Å². The minimum absolute atomic E-state index is 0.564. The van der Waals surface area contributed by atoms with Crippen LogP contribution >= 0.6 is 0 Å². The van der Waals surface area contributed by atoms with Gasteiger partial charge in [-0.25, -0.2) is 0 Å². The van der Waals surface area contributed by atoms with Crippen molar-refractivity contribution in [3.63, 3.8) is 0 Å². The number of aryl methyl sites for hydroxylation is 1. The van der Waals surface area contributed by atoms with Crippen LogP contribution in [0.1, 0.15) is 16.7 Å². The van der Waals surface area contributed by atoms with Gasteiger partial charge < -0.3 is 10.1 Å². The minimum atomic E-state index is 0.564. The van der Waals surface area contributed by atoms with E-state index in [-0.39, 0.29) is 0 Å². The maximum absolute atomic E-state index is 5.82. The van der Waals surface area contributed by atoms with Gasteiger partial charge in [0.2, 0.25) is 0 Å². The first-order valence-electron chi connectivity index (χ1n) is 7.29. The van der Waals surface area contributed by atoms with E-state index in [9.17, 15) is 0 Å². The van der Waals surface area contributed by atoms with Crippen LogP contribution in [0, 0.1) is 12.8 Å². The highest BCUT2D eigenvalue weighted by atomic mass is 16.5. The van der Waals surface area contributed by atoms with E-state index < -0.39 is 0 Å². The third-order valence-corrected chi connectivity index (χ3v) is 3.97. The highest BCUT2D eigenvalue weighted by molar-refractivity contribution is 5.35. The Kier molecular flexibility index (Phi) is 4.03. The molecule has 0 amide bonds. The van der Waals surface area contributed by atoms with Crippen LogP contribution in [0.15, 0.2) is 48.5 Å². The summed E-state index contributed by atoms with van der Waals surface area (Å²) < 4.78 is 5.82. The Bertz CT molecular complexity index is 579. The lowest BCUT2D eigenvalue weighted by molar-refractivity contribution is 0.218. The fourth-order valence-electron chi connectivity index (χ4n) is 2.74. The van der Waals surface area contributed by atoms with E-state index in [4.69, 9.17) is 4.74 Å². The van der Waals surface area contributed by atoms with Crippen LogP contribution in [0.25, 0.3) is 0 Å². The van der Waals surface area contributed by atoms with Crippen LogP contribution < -0.4 is 10.1 Å². The van der Waals surface area contributed by atoms with Gasteiger partial charge in [0, 0.05) is 19.0 Å². The molecule has 1 heterocycles. The first-order chi connectivity index (χ1) is 9.83. The van der Waals surface area contributed by atoms with Gasteiger partial charge in [-0.05, 0) is 36.1 Å². The highest BCUT2D eigenvalue weighted by Crippen LogP contribution is 2.26. The molecule has 1 N–H and O–H groups in total. The molecule has 1 atom stereocenters. The van der Waals surface area contributed by atoms with Gasteiger partial charge in [0.05, 0.1) is 6.61 Å².